The van der Waals surface area contributed by atoms with Gasteiger partial charge in [0, 0.05) is 4.47 Å². The van der Waals surface area contributed by atoms with E-state index >= 15 is 0 Å². The Morgan fingerprint density at radius 3 is 2.35 bits per heavy atom. The fourth-order valence-electron chi connectivity index (χ4n) is 2.68. The minimum Gasteiger partial charge on any atom is -0.490 e. The van der Waals surface area contributed by atoms with Crippen molar-refractivity contribution in [2.45, 2.75) is 6.92 Å². The maximum Gasteiger partial charge on any atom is 0.349 e. The van der Waals surface area contributed by atoms with E-state index in [0.29, 0.717) is 11.5 Å². The molecule has 160 valence electrons. The third kappa shape index (κ3) is 6.86. The highest BCUT2D eigenvalue weighted by Gasteiger charge is 2.17. The molecule has 0 aliphatic heterocycles. The van der Waals surface area contributed by atoms with Crippen molar-refractivity contribution in [2.75, 3.05) is 19.8 Å². The Morgan fingerprint density at radius 1 is 0.839 bits per heavy atom. The number of ether oxygens (including phenoxy) is 4. The van der Waals surface area contributed by atoms with Crippen LogP contribution in [0.25, 0.3) is 0 Å². The molecule has 3 aromatic carbocycles. The number of esters is 2. The Bertz CT molecular complexity index is 1040. The molecule has 0 heterocycles. The number of hydrogen-bond acceptors (Lipinski definition) is 6. The molecule has 0 bridgehead atoms. The van der Waals surface area contributed by atoms with Crippen molar-refractivity contribution in [3.63, 3.8) is 0 Å². The summed E-state index contributed by atoms with van der Waals surface area (Å²) in [4.78, 5) is 24.6. The number of carbonyl (C=O) groups is 2. The molecular weight excluding hydrogens is 464 g/mol. The molecule has 0 saturated heterocycles. The lowest BCUT2D eigenvalue weighted by Gasteiger charge is -2.12. The van der Waals surface area contributed by atoms with Crippen LogP contribution < -0.4 is 14.2 Å². The summed E-state index contributed by atoms with van der Waals surface area (Å²) in [5, 5.41) is 0. The Labute approximate surface area is 188 Å². The Kier molecular flexibility index (Phi) is 8.06. The molecule has 7 heteroatoms. The molecule has 3 rings (SSSR count). The molecule has 0 aromatic heterocycles. The molecule has 0 spiro atoms. The lowest BCUT2D eigenvalue weighted by atomic mass is 10.2. The van der Waals surface area contributed by atoms with Crippen molar-refractivity contribution < 1.29 is 28.5 Å². The highest BCUT2D eigenvalue weighted by Crippen LogP contribution is 2.23. The lowest BCUT2D eigenvalue weighted by molar-refractivity contribution is -0.136. The molecule has 0 N–H and O–H groups in total. The van der Waals surface area contributed by atoms with Crippen LogP contribution in [-0.2, 0) is 9.53 Å². The van der Waals surface area contributed by atoms with Gasteiger partial charge in [-0.3, -0.25) is 0 Å². The number of hydrogen-bond donors (Lipinski definition) is 0. The number of rotatable bonds is 9. The normalized spacial score (nSPS) is 10.3. The second-order valence-electron chi connectivity index (χ2n) is 6.47. The molecule has 31 heavy (non-hydrogen) atoms. The van der Waals surface area contributed by atoms with Gasteiger partial charge >= 0.3 is 11.9 Å². The van der Waals surface area contributed by atoms with Gasteiger partial charge in [-0.25, -0.2) is 9.59 Å². The van der Waals surface area contributed by atoms with Gasteiger partial charge in [0.05, 0.1) is 0 Å². The van der Waals surface area contributed by atoms with Crippen LogP contribution in [0.1, 0.15) is 15.9 Å². The van der Waals surface area contributed by atoms with E-state index < -0.39 is 11.9 Å². The van der Waals surface area contributed by atoms with E-state index in [9.17, 15) is 9.59 Å². The van der Waals surface area contributed by atoms with E-state index in [2.05, 4.69) is 15.9 Å². The molecular formula is C24H21BrO6. The highest BCUT2D eigenvalue weighted by atomic mass is 79.9. The highest BCUT2D eigenvalue weighted by molar-refractivity contribution is 9.10. The quantitative estimate of drug-likeness (QED) is 0.242. The van der Waals surface area contributed by atoms with Gasteiger partial charge in [0.25, 0.3) is 0 Å². The first kappa shape index (κ1) is 22.4. The zero-order valence-corrected chi connectivity index (χ0v) is 18.5. The molecule has 0 radical (unpaired) electrons. The van der Waals surface area contributed by atoms with E-state index in [1.807, 2.05) is 49.4 Å². The maximum absolute atomic E-state index is 12.4. The summed E-state index contributed by atoms with van der Waals surface area (Å²) in [5.41, 5.74) is 1.03. The van der Waals surface area contributed by atoms with Crippen LogP contribution >= 0.6 is 15.9 Å². The van der Waals surface area contributed by atoms with Crippen LogP contribution in [0.4, 0.5) is 0 Å². The van der Waals surface area contributed by atoms with E-state index in [4.69, 9.17) is 18.9 Å². The zero-order chi connectivity index (χ0) is 22.1. The molecule has 0 unspecified atom stereocenters. The Balaban J connectivity index is 1.51. The second kappa shape index (κ2) is 11.2. The summed E-state index contributed by atoms with van der Waals surface area (Å²) in [7, 11) is 0. The first-order valence-electron chi connectivity index (χ1n) is 9.56. The minimum absolute atomic E-state index is 0.0575. The van der Waals surface area contributed by atoms with Crippen molar-refractivity contribution in [1.29, 1.82) is 0 Å². The molecule has 0 aliphatic rings. The molecule has 0 atom stereocenters. The van der Waals surface area contributed by atoms with E-state index in [1.165, 1.54) is 12.1 Å². The fourth-order valence-corrected chi connectivity index (χ4v) is 3.15. The average molecular weight is 485 g/mol. The van der Waals surface area contributed by atoms with Gasteiger partial charge < -0.3 is 18.9 Å². The predicted octanol–water partition coefficient (Wildman–Crippen LogP) is 4.98. The van der Waals surface area contributed by atoms with Gasteiger partial charge in [-0.15, -0.1) is 0 Å². The number of halogens is 1. The van der Waals surface area contributed by atoms with Crippen LogP contribution in [0.5, 0.6) is 17.2 Å². The van der Waals surface area contributed by atoms with Crippen molar-refractivity contribution >= 4 is 27.9 Å². The Hall–Kier alpha value is -3.32. The van der Waals surface area contributed by atoms with E-state index in [-0.39, 0.29) is 31.1 Å². The average Bonchev–Trinajstić information content (AvgIpc) is 2.77. The van der Waals surface area contributed by atoms with Crippen LogP contribution in [-0.4, -0.2) is 31.8 Å². The summed E-state index contributed by atoms with van der Waals surface area (Å²) in [6.07, 6.45) is 0. The SMILES string of the molecule is Cc1cc(Br)ccc1OCC(=O)Oc1ccccc1C(=O)OCCOc1ccccc1. The summed E-state index contributed by atoms with van der Waals surface area (Å²) >= 11 is 3.38. The molecule has 0 fully saturated rings. The van der Waals surface area contributed by atoms with Gasteiger partial charge in [0.1, 0.15) is 36.0 Å². The van der Waals surface area contributed by atoms with Crippen LogP contribution in [0.15, 0.2) is 77.3 Å². The predicted molar refractivity (Wildman–Crippen MR) is 119 cm³/mol. The summed E-state index contributed by atoms with van der Waals surface area (Å²) < 4.78 is 22.5. The van der Waals surface area contributed by atoms with Crippen molar-refractivity contribution in [3.05, 3.63) is 88.4 Å². The van der Waals surface area contributed by atoms with Crippen LogP contribution in [0.2, 0.25) is 0 Å². The standard InChI is InChI=1S/C24H21BrO6/c1-17-15-18(25)11-12-21(17)30-16-23(26)31-22-10-6-5-9-20(22)24(27)29-14-13-28-19-7-3-2-4-8-19/h2-12,15H,13-14,16H2,1H3. The second-order valence-corrected chi connectivity index (χ2v) is 7.38. The number of benzene rings is 3. The van der Waals surface area contributed by atoms with Gasteiger partial charge in [-0.05, 0) is 55.0 Å². The zero-order valence-electron chi connectivity index (χ0n) is 16.9. The Morgan fingerprint density at radius 2 is 1.58 bits per heavy atom. The monoisotopic (exact) mass is 484 g/mol. The molecule has 0 saturated carbocycles. The molecule has 3 aromatic rings. The largest absolute Gasteiger partial charge is 0.490 e. The lowest BCUT2D eigenvalue weighted by Crippen LogP contribution is -2.20. The van der Waals surface area contributed by atoms with Gasteiger partial charge in [-0.1, -0.05) is 46.3 Å². The summed E-state index contributed by atoms with van der Waals surface area (Å²) in [6.45, 7) is 1.84. The van der Waals surface area contributed by atoms with Gasteiger partial charge in [0.2, 0.25) is 0 Å². The minimum atomic E-state index is -0.630. The third-order valence-electron chi connectivity index (χ3n) is 4.14. The summed E-state index contributed by atoms with van der Waals surface area (Å²) in [5.74, 6) is 0.137. The topological polar surface area (TPSA) is 71.1 Å². The first-order valence-corrected chi connectivity index (χ1v) is 10.4. The summed E-state index contributed by atoms with van der Waals surface area (Å²) in [6, 6.07) is 21.1. The third-order valence-corrected chi connectivity index (χ3v) is 4.63. The van der Waals surface area contributed by atoms with Crippen molar-refractivity contribution in [3.8, 4) is 17.2 Å². The van der Waals surface area contributed by atoms with Gasteiger partial charge in [-0.2, -0.15) is 0 Å². The smallest absolute Gasteiger partial charge is 0.349 e. The van der Waals surface area contributed by atoms with Crippen molar-refractivity contribution in [2.24, 2.45) is 0 Å². The number of aryl methyl sites for hydroxylation is 1. The fraction of sp³-hybridized carbons (Fsp3) is 0.167. The van der Waals surface area contributed by atoms with Crippen LogP contribution in [0, 0.1) is 6.92 Å². The number of para-hydroxylation sites is 2. The maximum atomic E-state index is 12.4. The van der Waals surface area contributed by atoms with Gasteiger partial charge in [0.15, 0.2) is 6.61 Å². The van der Waals surface area contributed by atoms with E-state index in [0.717, 1.165) is 10.0 Å². The molecule has 0 aliphatic carbocycles. The molecule has 0 amide bonds. The van der Waals surface area contributed by atoms with E-state index in [1.54, 1.807) is 18.2 Å². The molecule has 6 nitrogen and oxygen atoms in total. The first-order chi connectivity index (χ1) is 15.0. The van der Waals surface area contributed by atoms with Crippen LogP contribution in [0.3, 0.4) is 0 Å². The van der Waals surface area contributed by atoms with Crippen molar-refractivity contribution in [1.82, 2.24) is 0 Å². The number of carbonyl (C=O) groups excluding carboxylic acids is 2.